The summed E-state index contributed by atoms with van der Waals surface area (Å²) in [6.07, 6.45) is 0. The van der Waals surface area contributed by atoms with Crippen LogP contribution < -0.4 is 5.32 Å². The van der Waals surface area contributed by atoms with Crippen LogP contribution in [0.5, 0.6) is 0 Å². The fourth-order valence-corrected chi connectivity index (χ4v) is 2.00. The van der Waals surface area contributed by atoms with Gasteiger partial charge in [-0.1, -0.05) is 18.2 Å². The van der Waals surface area contributed by atoms with Crippen molar-refractivity contribution in [1.29, 1.82) is 0 Å². The molecule has 1 unspecified atom stereocenters. The molecule has 100 valence electrons. The summed E-state index contributed by atoms with van der Waals surface area (Å²) in [6, 6.07) is 9.04. The summed E-state index contributed by atoms with van der Waals surface area (Å²) in [5.74, 6) is -1.41. The largest absolute Gasteiger partial charge is 0.325 e. The Labute approximate surface area is 112 Å². The average molecular weight is 259 g/mol. The second-order valence-electron chi connectivity index (χ2n) is 4.81. The maximum Gasteiger partial charge on any atom is 0.261 e. The number of carbonyl (C=O) groups is 2. The third-order valence-corrected chi connectivity index (χ3v) is 2.95. The van der Waals surface area contributed by atoms with Crippen LogP contribution in [-0.2, 0) is 9.59 Å². The molecule has 0 aromatic heterocycles. The molecule has 1 aromatic rings. The maximum absolute atomic E-state index is 12.2. The molecule has 2 rings (SSSR count). The standard InChI is InChI=1S/C14H17N3O2/c1-9(2)17-14(19)12(10(3)16-17)13(18)15-11-7-5-4-6-8-11/h4-9,12H,1-3H3,(H,15,18). The fraction of sp³-hybridized carbons (Fsp3) is 0.357. The summed E-state index contributed by atoms with van der Waals surface area (Å²) in [5, 5.41) is 8.26. The molecule has 0 spiro atoms. The van der Waals surface area contributed by atoms with Crippen LogP contribution in [0.4, 0.5) is 5.69 Å². The fourth-order valence-electron chi connectivity index (χ4n) is 2.00. The lowest BCUT2D eigenvalue weighted by atomic mass is 10.0. The molecule has 1 heterocycles. The highest BCUT2D eigenvalue weighted by atomic mass is 16.2. The van der Waals surface area contributed by atoms with Crippen molar-refractivity contribution in [2.75, 3.05) is 5.32 Å². The Bertz CT molecular complexity index is 523. The van der Waals surface area contributed by atoms with Crippen molar-refractivity contribution >= 4 is 23.2 Å². The Morgan fingerprint density at radius 1 is 1.32 bits per heavy atom. The molecule has 5 nitrogen and oxygen atoms in total. The summed E-state index contributed by atoms with van der Waals surface area (Å²) >= 11 is 0. The number of hydrogen-bond donors (Lipinski definition) is 1. The number of rotatable bonds is 3. The number of hydrogen-bond acceptors (Lipinski definition) is 3. The monoisotopic (exact) mass is 259 g/mol. The van der Waals surface area contributed by atoms with E-state index in [4.69, 9.17) is 0 Å². The Balaban J connectivity index is 2.13. The highest BCUT2D eigenvalue weighted by molar-refractivity contribution is 6.24. The number of para-hydroxylation sites is 1. The van der Waals surface area contributed by atoms with Gasteiger partial charge in [-0.05, 0) is 32.9 Å². The predicted octanol–water partition coefficient (Wildman–Crippen LogP) is 1.87. The van der Waals surface area contributed by atoms with E-state index in [0.29, 0.717) is 11.4 Å². The molecule has 2 amide bonds. The van der Waals surface area contributed by atoms with E-state index in [9.17, 15) is 9.59 Å². The van der Waals surface area contributed by atoms with Crippen LogP contribution in [0.1, 0.15) is 20.8 Å². The van der Waals surface area contributed by atoms with Gasteiger partial charge in [-0.3, -0.25) is 9.59 Å². The summed E-state index contributed by atoms with van der Waals surface area (Å²) < 4.78 is 0. The van der Waals surface area contributed by atoms with Gasteiger partial charge in [0.1, 0.15) is 0 Å². The molecule has 5 heteroatoms. The highest BCUT2D eigenvalue weighted by Gasteiger charge is 2.39. The Morgan fingerprint density at radius 3 is 2.47 bits per heavy atom. The van der Waals surface area contributed by atoms with Gasteiger partial charge in [-0.25, -0.2) is 5.01 Å². The van der Waals surface area contributed by atoms with Gasteiger partial charge in [0, 0.05) is 11.7 Å². The second-order valence-corrected chi connectivity index (χ2v) is 4.81. The summed E-state index contributed by atoms with van der Waals surface area (Å²) in [7, 11) is 0. The molecule has 19 heavy (non-hydrogen) atoms. The van der Waals surface area contributed by atoms with Gasteiger partial charge in [0.15, 0.2) is 5.92 Å². The zero-order valence-corrected chi connectivity index (χ0v) is 11.3. The van der Waals surface area contributed by atoms with Gasteiger partial charge in [-0.15, -0.1) is 0 Å². The molecular formula is C14H17N3O2. The van der Waals surface area contributed by atoms with Gasteiger partial charge in [0.2, 0.25) is 5.91 Å². The normalized spacial score (nSPS) is 18.7. The minimum absolute atomic E-state index is 0.0445. The van der Waals surface area contributed by atoms with Crippen LogP contribution >= 0.6 is 0 Å². The lowest BCUT2D eigenvalue weighted by Crippen LogP contribution is -2.38. The number of anilines is 1. The van der Waals surface area contributed by atoms with E-state index in [-0.39, 0.29) is 17.9 Å². The second kappa shape index (κ2) is 5.22. The van der Waals surface area contributed by atoms with Crippen LogP contribution in [0.15, 0.2) is 35.4 Å². The first-order valence-corrected chi connectivity index (χ1v) is 6.25. The van der Waals surface area contributed by atoms with Crippen LogP contribution in [0.3, 0.4) is 0 Å². The molecule has 0 saturated carbocycles. The van der Waals surface area contributed by atoms with Crippen LogP contribution in [0, 0.1) is 5.92 Å². The molecular weight excluding hydrogens is 242 g/mol. The summed E-state index contributed by atoms with van der Waals surface area (Å²) in [6.45, 7) is 5.44. The lowest BCUT2D eigenvalue weighted by molar-refractivity contribution is -0.137. The Kier molecular flexibility index (Phi) is 3.64. The van der Waals surface area contributed by atoms with E-state index in [1.165, 1.54) is 5.01 Å². The van der Waals surface area contributed by atoms with E-state index >= 15 is 0 Å². The van der Waals surface area contributed by atoms with Crippen molar-refractivity contribution in [3.63, 3.8) is 0 Å². The van der Waals surface area contributed by atoms with E-state index < -0.39 is 5.92 Å². The molecule has 0 radical (unpaired) electrons. The molecule has 0 bridgehead atoms. The van der Waals surface area contributed by atoms with Crippen molar-refractivity contribution in [1.82, 2.24) is 5.01 Å². The highest BCUT2D eigenvalue weighted by Crippen LogP contribution is 2.20. The first-order chi connectivity index (χ1) is 9.00. The van der Waals surface area contributed by atoms with Gasteiger partial charge in [0.25, 0.3) is 5.91 Å². The van der Waals surface area contributed by atoms with Crippen molar-refractivity contribution in [3.05, 3.63) is 30.3 Å². The smallest absolute Gasteiger partial charge is 0.261 e. The molecule has 0 fully saturated rings. The number of benzene rings is 1. The van der Waals surface area contributed by atoms with Gasteiger partial charge >= 0.3 is 0 Å². The zero-order chi connectivity index (χ0) is 14.0. The van der Waals surface area contributed by atoms with E-state index in [0.717, 1.165) is 0 Å². The van der Waals surface area contributed by atoms with E-state index in [1.54, 1.807) is 19.1 Å². The first kappa shape index (κ1) is 13.3. The van der Waals surface area contributed by atoms with Gasteiger partial charge < -0.3 is 5.32 Å². The SMILES string of the molecule is CC1=NN(C(C)C)C(=O)C1C(=O)Nc1ccccc1. The number of hydrazone groups is 1. The Hall–Kier alpha value is -2.17. The number of carbonyl (C=O) groups excluding carboxylic acids is 2. The minimum atomic E-state index is -0.817. The Morgan fingerprint density at radius 2 is 1.95 bits per heavy atom. The lowest BCUT2D eigenvalue weighted by Gasteiger charge is -2.17. The average Bonchev–Trinajstić information content (AvgIpc) is 2.66. The topological polar surface area (TPSA) is 61.8 Å². The van der Waals surface area contributed by atoms with Crippen molar-refractivity contribution in [3.8, 4) is 0 Å². The minimum Gasteiger partial charge on any atom is -0.325 e. The third-order valence-electron chi connectivity index (χ3n) is 2.95. The predicted molar refractivity (Wildman–Crippen MR) is 73.7 cm³/mol. The number of nitrogens with zero attached hydrogens (tertiary/aromatic N) is 2. The van der Waals surface area contributed by atoms with Gasteiger partial charge in [0.05, 0.1) is 5.71 Å². The number of nitrogens with one attached hydrogen (secondary N) is 1. The van der Waals surface area contributed by atoms with Crippen molar-refractivity contribution in [2.24, 2.45) is 11.0 Å². The molecule has 1 atom stereocenters. The van der Waals surface area contributed by atoms with Crippen LogP contribution in [0.2, 0.25) is 0 Å². The molecule has 1 N–H and O–H groups in total. The molecule has 1 aromatic carbocycles. The van der Waals surface area contributed by atoms with Crippen LogP contribution in [0.25, 0.3) is 0 Å². The molecule has 1 aliphatic rings. The molecule has 0 aliphatic carbocycles. The van der Waals surface area contributed by atoms with Crippen LogP contribution in [-0.4, -0.2) is 28.6 Å². The van der Waals surface area contributed by atoms with Crippen molar-refractivity contribution < 1.29 is 9.59 Å². The maximum atomic E-state index is 12.2. The third kappa shape index (κ3) is 2.65. The van der Waals surface area contributed by atoms with Gasteiger partial charge in [-0.2, -0.15) is 5.10 Å². The quantitative estimate of drug-likeness (QED) is 0.842. The first-order valence-electron chi connectivity index (χ1n) is 6.25. The summed E-state index contributed by atoms with van der Waals surface area (Å²) in [4.78, 5) is 24.3. The summed E-state index contributed by atoms with van der Waals surface area (Å²) in [5.41, 5.74) is 1.21. The van der Waals surface area contributed by atoms with Crippen molar-refractivity contribution in [2.45, 2.75) is 26.8 Å². The molecule has 1 aliphatic heterocycles. The molecule has 0 saturated heterocycles. The van der Waals surface area contributed by atoms with E-state index in [2.05, 4.69) is 10.4 Å². The zero-order valence-electron chi connectivity index (χ0n) is 11.3. The van der Waals surface area contributed by atoms with E-state index in [1.807, 2.05) is 32.0 Å². The number of amides is 2.